The lowest BCUT2D eigenvalue weighted by Gasteiger charge is -2.09. The van der Waals surface area contributed by atoms with E-state index in [1.54, 1.807) is 6.08 Å². The molecular formula is C9H9BrClN. The predicted molar refractivity (Wildman–Crippen MR) is 56.3 cm³/mol. The Bertz CT molecular complexity index is 299. The van der Waals surface area contributed by atoms with Crippen LogP contribution < -0.4 is 5.73 Å². The minimum absolute atomic E-state index is 0.168. The topological polar surface area (TPSA) is 26.0 Å². The van der Waals surface area contributed by atoms with Crippen LogP contribution in [0.2, 0.25) is 5.02 Å². The van der Waals surface area contributed by atoms with Gasteiger partial charge in [0.15, 0.2) is 0 Å². The molecule has 12 heavy (non-hydrogen) atoms. The molecule has 1 unspecified atom stereocenters. The summed E-state index contributed by atoms with van der Waals surface area (Å²) in [7, 11) is 0. The number of rotatable bonds is 2. The molecule has 0 saturated heterocycles. The van der Waals surface area contributed by atoms with Crippen molar-refractivity contribution in [1.82, 2.24) is 0 Å². The van der Waals surface area contributed by atoms with Crippen LogP contribution >= 0.6 is 27.5 Å². The molecule has 0 fully saturated rings. The molecule has 2 N–H and O–H groups in total. The molecule has 64 valence electrons. The van der Waals surface area contributed by atoms with E-state index in [1.807, 2.05) is 18.2 Å². The normalized spacial score (nSPS) is 12.6. The summed E-state index contributed by atoms with van der Waals surface area (Å²) in [6, 6.07) is 5.43. The van der Waals surface area contributed by atoms with Crippen LogP contribution in [0.1, 0.15) is 11.6 Å². The largest absolute Gasteiger partial charge is 0.321 e. The fourth-order valence-electron chi connectivity index (χ4n) is 0.905. The Morgan fingerprint density at radius 3 is 2.83 bits per heavy atom. The maximum Gasteiger partial charge on any atom is 0.0551 e. The van der Waals surface area contributed by atoms with Gasteiger partial charge in [-0.1, -0.05) is 29.8 Å². The summed E-state index contributed by atoms with van der Waals surface area (Å²) in [4.78, 5) is 0. The zero-order valence-electron chi connectivity index (χ0n) is 6.43. The molecule has 1 aromatic rings. The van der Waals surface area contributed by atoms with E-state index in [0.29, 0.717) is 5.02 Å². The van der Waals surface area contributed by atoms with E-state index in [2.05, 4.69) is 22.5 Å². The van der Waals surface area contributed by atoms with Crippen LogP contribution in [0.4, 0.5) is 0 Å². The molecule has 0 spiro atoms. The summed E-state index contributed by atoms with van der Waals surface area (Å²) in [6.07, 6.45) is 1.68. The van der Waals surface area contributed by atoms with Crippen LogP contribution in [0.3, 0.4) is 0 Å². The van der Waals surface area contributed by atoms with E-state index in [-0.39, 0.29) is 6.04 Å². The Morgan fingerprint density at radius 2 is 2.25 bits per heavy atom. The molecule has 0 bridgehead atoms. The summed E-state index contributed by atoms with van der Waals surface area (Å²) >= 11 is 9.24. The Labute approximate surface area is 85.3 Å². The Balaban J connectivity index is 3.15. The second-order valence-electron chi connectivity index (χ2n) is 2.40. The molecular weight excluding hydrogens is 237 g/mol. The first-order valence-corrected chi connectivity index (χ1v) is 4.66. The maximum absolute atomic E-state index is 5.88. The molecule has 0 heterocycles. The van der Waals surface area contributed by atoms with Crippen LogP contribution in [0.5, 0.6) is 0 Å². The van der Waals surface area contributed by atoms with Crippen molar-refractivity contribution in [3.63, 3.8) is 0 Å². The van der Waals surface area contributed by atoms with E-state index in [1.165, 1.54) is 0 Å². The summed E-state index contributed by atoms with van der Waals surface area (Å²) in [6.45, 7) is 3.62. The minimum Gasteiger partial charge on any atom is -0.321 e. The lowest BCUT2D eigenvalue weighted by Crippen LogP contribution is -2.07. The van der Waals surface area contributed by atoms with Gasteiger partial charge in [-0.15, -0.1) is 6.58 Å². The van der Waals surface area contributed by atoms with Gasteiger partial charge in [-0.25, -0.2) is 0 Å². The number of halogens is 2. The van der Waals surface area contributed by atoms with Crippen molar-refractivity contribution in [2.24, 2.45) is 5.73 Å². The molecule has 0 aliphatic heterocycles. The highest BCUT2D eigenvalue weighted by Crippen LogP contribution is 2.29. The first-order chi connectivity index (χ1) is 5.66. The van der Waals surface area contributed by atoms with Crippen molar-refractivity contribution >= 4 is 27.5 Å². The van der Waals surface area contributed by atoms with Crippen LogP contribution in [-0.4, -0.2) is 0 Å². The molecule has 0 aliphatic rings. The Hall–Kier alpha value is -0.310. The number of benzene rings is 1. The van der Waals surface area contributed by atoms with Gasteiger partial charge in [0, 0.05) is 10.5 Å². The zero-order chi connectivity index (χ0) is 9.14. The summed E-state index contributed by atoms with van der Waals surface area (Å²) < 4.78 is 0.846. The van der Waals surface area contributed by atoms with Crippen molar-refractivity contribution in [2.45, 2.75) is 6.04 Å². The van der Waals surface area contributed by atoms with E-state index in [9.17, 15) is 0 Å². The van der Waals surface area contributed by atoms with Crippen LogP contribution in [0, 0.1) is 0 Å². The zero-order valence-corrected chi connectivity index (χ0v) is 8.77. The molecule has 0 radical (unpaired) electrons. The SMILES string of the molecule is C=CC(N)c1cccc(Cl)c1Br. The highest BCUT2D eigenvalue weighted by Gasteiger charge is 2.07. The average Bonchev–Trinajstić information content (AvgIpc) is 2.08. The van der Waals surface area contributed by atoms with Gasteiger partial charge in [-0.2, -0.15) is 0 Å². The minimum atomic E-state index is -0.168. The van der Waals surface area contributed by atoms with Crippen LogP contribution in [0.15, 0.2) is 35.3 Å². The number of hydrogen-bond donors (Lipinski definition) is 1. The third-order valence-electron chi connectivity index (χ3n) is 1.59. The van der Waals surface area contributed by atoms with Gasteiger partial charge in [0.1, 0.15) is 0 Å². The third-order valence-corrected chi connectivity index (χ3v) is 3.02. The van der Waals surface area contributed by atoms with Crippen molar-refractivity contribution in [3.05, 3.63) is 45.9 Å². The van der Waals surface area contributed by atoms with E-state index >= 15 is 0 Å². The van der Waals surface area contributed by atoms with Gasteiger partial charge >= 0.3 is 0 Å². The van der Waals surface area contributed by atoms with Crippen molar-refractivity contribution < 1.29 is 0 Å². The van der Waals surface area contributed by atoms with Gasteiger partial charge < -0.3 is 5.73 Å². The van der Waals surface area contributed by atoms with Gasteiger partial charge in [-0.05, 0) is 27.6 Å². The number of hydrogen-bond acceptors (Lipinski definition) is 1. The highest BCUT2D eigenvalue weighted by molar-refractivity contribution is 9.10. The molecule has 0 aliphatic carbocycles. The van der Waals surface area contributed by atoms with Crippen molar-refractivity contribution in [1.29, 1.82) is 0 Å². The standard InChI is InChI=1S/C9H9BrClN/c1-2-8(12)6-4-3-5-7(11)9(6)10/h2-5,8H,1,12H2. The van der Waals surface area contributed by atoms with Crippen LogP contribution in [-0.2, 0) is 0 Å². The molecule has 1 nitrogen and oxygen atoms in total. The quantitative estimate of drug-likeness (QED) is 0.796. The molecule has 1 atom stereocenters. The first-order valence-electron chi connectivity index (χ1n) is 3.49. The fourth-order valence-corrected chi connectivity index (χ4v) is 1.62. The van der Waals surface area contributed by atoms with Crippen LogP contribution in [0.25, 0.3) is 0 Å². The molecule has 0 amide bonds. The molecule has 0 aromatic heterocycles. The number of nitrogens with two attached hydrogens (primary N) is 1. The fraction of sp³-hybridized carbons (Fsp3) is 0.111. The van der Waals surface area contributed by atoms with E-state index in [4.69, 9.17) is 17.3 Å². The van der Waals surface area contributed by atoms with Gasteiger partial charge in [-0.3, -0.25) is 0 Å². The average molecular weight is 247 g/mol. The molecule has 0 saturated carbocycles. The second kappa shape index (κ2) is 4.08. The second-order valence-corrected chi connectivity index (χ2v) is 3.60. The summed E-state index contributed by atoms with van der Waals surface area (Å²) in [5.74, 6) is 0. The van der Waals surface area contributed by atoms with Crippen molar-refractivity contribution in [3.8, 4) is 0 Å². The predicted octanol–water partition coefficient (Wildman–Crippen LogP) is 3.29. The first kappa shape index (κ1) is 9.78. The summed E-state index contributed by atoms with van der Waals surface area (Å²) in [5.41, 5.74) is 6.71. The van der Waals surface area contributed by atoms with Crippen molar-refractivity contribution in [2.75, 3.05) is 0 Å². The lowest BCUT2D eigenvalue weighted by molar-refractivity contribution is 0.908. The van der Waals surface area contributed by atoms with E-state index in [0.717, 1.165) is 10.0 Å². The highest BCUT2D eigenvalue weighted by atomic mass is 79.9. The lowest BCUT2D eigenvalue weighted by atomic mass is 10.1. The van der Waals surface area contributed by atoms with E-state index < -0.39 is 0 Å². The monoisotopic (exact) mass is 245 g/mol. The van der Waals surface area contributed by atoms with Gasteiger partial charge in [0.05, 0.1) is 5.02 Å². The molecule has 1 aromatic carbocycles. The maximum atomic E-state index is 5.88. The Morgan fingerprint density at radius 1 is 1.58 bits per heavy atom. The summed E-state index contributed by atoms with van der Waals surface area (Å²) in [5, 5.41) is 0.671. The van der Waals surface area contributed by atoms with Gasteiger partial charge in [0.2, 0.25) is 0 Å². The van der Waals surface area contributed by atoms with Gasteiger partial charge in [0.25, 0.3) is 0 Å². The Kier molecular flexibility index (Phi) is 3.32. The third kappa shape index (κ3) is 1.89. The molecule has 1 rings (SSSR count). The molecule has 3 heteroatoms. The smallest absolute Gasteiger partial charge is 0.0551 e.